The van der Waals surface area contributed by atoms with Crippen LogP contribution in [0.1, 0.15) is 11.1 Å². The van der Waals surface area contributed by atoms with E-state index in [1.165, 1.54) is 11.1 Å². The molecule has 0 aliphatic heterocycles. The van der Waals surface area contributed by atoms with Crippen molar-refractivity contribution in [2.24, 2.45) is 7.05 Å². The van der Waals surface area contributed by atoms with Crippen molar-refractivity contribution in [3.8, 4) is 0 Å². The summed E-state index contributed by atoms with van der Waals surface area (Å²) in [6.07, 6.45) is 5.85. The van der Waals surface area contributed by atoms with Gasteiger partial charge in [-0.25, -0.2) is 4.98 Å². The van der Waals surface area contributed by atoms with Crippen molar-refractivity contribution in [2.45, 2.75) is 13.1 Å². The van der Waals surface area contributed by atoms with E-state index in [9.17, 15) is 0 Å². The molecule has 0 atom stereocenters. The van der Waals surface area contributed by atoms with Gasteiger partial charge in [0.2, 0.25) is 0 Å². The van der Waals surface area contributed by atoms with Crippen LogP contribution >= 0.6 is 0 Å². The van der Waals surface area contributed by atoms with Gasteiger partial charge in [-0.05, 0) is 18.7 Å². The Balaban J connectivity index is 1.91. The van der Waals surface area contributed by atoms with Gasteiger partial charge in [-0.15, -0.1) is 0 Å². The number of nitrogens with zero attached hydrogens (tertiary/aromatic N) is 4. The van der Waals surface area contributed by atoms with E-state index < -0.39 is 0 Å². The summed E-state index contributed by atoms with van der Waals surface area (Å²) < 4.78 is 1.83. The Labute approximate surface area is 107 Å². The predicted molar refractivity (Wildman–Crippen MR) is 72.2 cm³/mol. The molecule has 0 bridgehead atoms. The summed E-state index contributed by atoms with van der Waals surface area (Å²) in [6, 6.07) is 4.09. The molecule has 0 fully saturated rings. The number of nitrogens with one attached hydrogen (secondary N) is 1. The third kappa shape index (κ3) is 3.30. The second-order valence-electron chi connectivity index (χ2n) is 4.50. The van der Waals surface area contributed by atoms with E-state index in [1.807, 2.05) is 43.4 Å². The minimum Gasteiger partial charge on any atom is -0.373 e. The van der Waals surface area contributed by atoms with Gasteiger partial charge in [0.05, 0.1) is 6.20 Å². The molecule has 2 aromatic heterocycles. The first kappa shape index (κ1) is 12.6. The van der Waals surface area contributed by atoms with E-state index in [0.29, 0.717) is 0 Å². The molecule has 0 aliphatic rings. The third-order valence-electron chi connectivity index (χ3n) is 2.74. The van der Waals surface area contributed by atoms with Crippen LogP contribution in [0.15, 0.2) is 30.7 Å². The lowest BCUT2D eigenvalue weighted by molar-refractivity contribution is 0.318. The van der Waals surface area contributed by atoms with Crippen molar-refractivity contribution in [1.29, 1.82) is 0 Å². The number of rotatable bonds is 5. The van der Waals surface area contributed by atoms with Crippen LogP contribution in [0.25, 0.3) is 0 Å². The maximum Gasteiger partial charge on any atom is 0.125 e. The van der Waals surface area contributed by atoms with E-state index in [4.69, 9.17) is 0 Å². The Kier molecular flexibility index (Phi) is 3.94. The molecule has 18 heavy (non-hydrogen) atoms. The smallest absolute Gasteiger partial charge is 0.125 e. The summed E-state index contributed by atoms with van der Waals surface area (Å²) in [6.45, 7) is 1.77. The fourth-order valence-corrected chi connectivity index (χ4v) is 1.90. The van der Waals surface area contributed by atoms with Crippen LogP contribution in [0.3, 0.4) is 0 Å². The topological polar surface area (TPSA) is 46.0 Å². The van der Waals surface area contributed by atoms with Crippen LogP contribution in [0.2, 0.25) is 0 Å². The fraction of sp³-hybridized carbons (Fsp3) is 0.385. The summed E-state index contributed by atoms with van der Waals surface area (Å²) in [4.78, 5) is 6.55. The Morgan fingerprint density at radius 1 is 1.22 bits per heavy atom. The molecule has 0 amide bonds. The lowest BCUT2D eigenvalue weighted by atomic mass is 10.2. The van der Waals surface area contributed by atoms with Crippen LogP contribution < -0.4 is 5.32 Å². The van der Waals surface area contributed by atoms with E-state index in [-0.39, 0.29) is 0 Å². The second kappa shape index (κ2) is 5.64. The highest BCUT2D eigenvalue weighted by molar-refractivity contribution is 5.34. The monoisotopic (exact) mass is 245 g/mol. The molecule has 0 unspecified atom stereocenters. The minimum atomic E-state index is 0.881. The van der Waals surface area contributed by atoms with Crippen molar-refractivity contribution >= 4 is 5.82 Å². The van der Waals surface area contributed by atoms with E-state index >= 15 is 0 Å². The Morgan fingerprint density at radius 3 is 2.56 bits per heavy atom. The Morgan fingerprint density at radius 2 is 2.00 bits per heavy atom. The van der Waals surface area contributed by atoms with Crippen LogP contribution in [0.5, 0.6) is 0 Å². The molecule has 0 aliphatic carbocycles. The summed E-state index contributed by atoms with van der Waals surface area (Å²) >= 11 is 0. The van der Waals surface area contributed by atoms with Gasteiger partial charge in [0.15, 0.2) is 0 Å². The molecule has 0 radical (unpaired) electrons. The van der Waals surface area contributed by atoms with Crippen molar-refractivity contribution in [1.82, 2.24) is 19.7 Å². The van der Waals surface area contributed by atoms with Gasteiger partial charge in [-0.1, -0.05) is 6.07 Å². The predicted octanol–water partition coefficient (Wildman–Crippen LogP) is 1.49. The van der Waals surface area contributed by atoms with Gasteiger partial charge in [0.25, 0.3) is 0 Å². The Hall–Kier alpha value is -1.88. The number of hydrogen-bond donors (Lipinski definition) is 1. The quantitative estimate of drug-likeness (QED) is 0.867. The molecule has 2 heterocycles. The highest BCUT2D eigenvalue weighted by Gasteiger charge is 2.04. The van der Waals surface area contributed by atoms with Gasteiger partial charge >= 0.3 is 0 Å². The van der Waals surface area contributed by atoms with Crippen LogP contribution in [0, 0.1) is 0 Å². The average Bonchev–Trinajstić information content (AvgIpc) is 2.75. The highest BCUT2D eigenvalue weighted by Crippen LogP contribution is 2.08. The second-order valence-corrected chi connectivity index (χ2v) is 4.50. The van der Waals surface area contributed by atoms with E-state index in [2.05, 4.69) is 33.4 Å². The van der Waals surface area contributed by atoms with Crippen molar-refractivity contribution in [3.63, 3.8) is 0 Å². The summed E-state index contributed by atoms with van der Waals surface area (Å²) in [7, 11) is 5.90. The van der Waals surface area contributed by atoms with Crippen molar-refractivity contribution < 1.29 is 0 Å². The third-order valence-corrected chi connectivity index (χ3v) is 2.74. The highest BCUT2D eigenvalue weighted by atomic mass is 15.2. The summed E-state index contributed by atoms with van der Waals surface area (Å²) in [5.74, 6) is 0.897. The molecule has 2 aromatic rings. The number of aryl methyl sites for hydroxylation is 1. The molecule has 2 rings (SSSR count). The zero-order chi connectivity index (χ0) is 13.0. The van der Waals surface area contributed by atoms with Crippen molar-refractivity contribution in [3.05, 3.63) is 41.9 Å². The van der Waals surface area contributed by atoms with Crippen LogP contribution in [-0.2, 0) is 20.1 Å². The molecule has 0 aromatic carbocycles. The van der Waals surface area contributed by atoms with Crippen LogP contribution in [0.4, 0.5) is 5.82 Å². The van der Waals surface area contributed by atoms with Gasteiger partial charge in [0.1, 0.15) is 5.82 Å². The lowest BCUT2D eigenvalue weighted by Crippen LogP contribution is -2.17. The molecular weight excluding hydrogens is 226 g/mol. The number of aromatic nitrogens is 3. The van der Waals surface area contributed by atoms with Gasteiger partial charge in [-0.3, -0.25) is 9.58 Å². The molecule has 5 nitrogen and oxygen atoms in total. The zero-order valence-electron chi connectivity index (χ0n) is 11.1. The summed E-state index contributed by atoms with van der Waals surface area (Å²) in [5, 5.41) is 7.18. The fourth-order valence-electron chi connectivity index (χ4n) is 1.90. The standard InChI is InChI=1S/C13H19N5/c1-14-13-5-4-11(6-15-13)8-17(2)9-12-7-16-18(3)10-12/h4-7,10H,8-9H2,1-3H3,(H,14,15). The molecule has 0 saturated carbocycles. The normalized spacial score (nSPS) is 10.9. The first-order valence-electron chi connectivity index (χ1n) is 5.96. The van der Waals surface area contributed by atoms with E-state index in [0.717, 1.165) is 18.9 Å². The van der Waals surface area contributed by atoms with Crippen molar-refractivity contribution in [2.75, 3.05) is 19.4 Å². The molecular formula is C13H19N5. The maximum atomic E-state index is 4.31. The lowest BCUT2D eigenvalue weighted by Gasteiger charge is -2.15. The molecule has 1 N–H and O–H groups in total. The van der Waals surface area contributed by atoms with Crippen LogP contribution in [-0.4, -0.2) is 33.8 Å². The largest absolute Gasteiger partial charge is 0.373 e. The van der Waals surface area contributed by atoms with E-state index in [1.54, 1.807) is 0 Å². The Bertz CT molecular complexity index is 488. The molecule has 5 heteroatoms. The van der Waals surface area contributed by atoms with Gasteiger partial charge in [-0.2, -0.15) is 5.10 Å². The first-order chi connectivity index (χ1) is 8.67. The minimum absolute atomic E-state index is 0.881. The number of anilines is 1. The number of pyridine rings is 1. The SMILES string of the molecule is CNc1ccc(CN(C)Cc2cnn(C)c2)cn1. The first-order valence-corrected chi connectivity index (χ1v) is 5.96. The molecule has 0 spiro atoms. The average molecular weight is 245 g/mol. The zero-order valence-corrected chi connectivity index (χ0v) is 11.1. The number of hydrogen-bond acceptors (Lipinski definition) is 4. The molecule has 96 valence electrons. The van der Waals surface area contributed by atoms with Gasteiger partial charge < -0.3 is 5.32 Å². The molecule has 0 saturated heterocycles. The summed E-state index contributed by atoms with van der Waals surface area (Å²) in [5.41, 5.74) is 2.43. The maximum absolute atomic E-state index is 4.31. The van der Waals surface area contributed by atoms with Gasteiger partial charge in [0, 0.05) is 45.1 Å².